The highest BCUT2D eigenvalue weighted by Crippen LogP contribution is 2.43. The second kappa shape index (κ2) is 7.74. The van der Waals surface area contributed by atoms with Crippen molar-refractivity contribution < 1.29 is 18.7 Å². The number of hydrogen-bond acceptors (Lipinski definition) is 6. The topological polar surface area (TPSA) is 67.8 Å². The molecule has 4 rings (SSSR count). The van der Waals surface area contributed by atoms with Crippen LogP contribution >= 0.6 is 0 Å². The number of halogens is 1. The summed E-state index contributed by atoms with van der Waals surface area (Å²) in [5.41, 5.74) is -0.475. The van der Waals surface area contributed by atoms with Gasteiger partial charge in [0.2, 0.25) is 0 Å². The molecule has 0 N–H and O–H groups in total. The van der Waals surface area contributed by atoms with Crippen molar-refractivity contribution in [2.75, 3.05) is 31.1 Å². The van der Waals surface area contributed by atoms with Crippen LogP contribution in [0, 0.1) is 11.2 Å². The molecule has 2 aliphatic heterocycles. The van der Waals surface area contributed by atoms with Gasteiger partial charge in [-0.2, -0.15) is 0 Å². The van der Waals surface area contributed by atoms with Gasteiger partial charge in [0.15, 0.2) is 11.6 Å². The number of amides is 1. The molecule has 1 aromatic heterocycles. The molecule has 1 amide bonds. The van der Waals surface area contributed by atoms with Gasteiger partial charge >= 0.3 is 6.09 Å². The Kier molecular flexibility index (Phi) is 5.26. The number of carbonyl (C=O) groups is 1. The zero-order valence-electron chi connectivity index (χ0n) is 17.6. The Bertz CT molecular complexity index is 915. The molecule has 2 aromatic rings. The molecule has 0 bridgehead atoms. The van der Waals surface area contributed by atoms with E-state index in [1.807, 2.05) is 25.7 Å². The van der Waals surface area contributed by atoms with Gasteiger partial charge in [-0.15, -0.1) is 0 Å². The third-order valence-electron chi connectivity index (χ3n) is 5.53. The van der Waals surface area contributed by atoms with Crippen molar-refractivity contribution in [3.05, 3.63) is 42.6 Å². The molecule has 7 nitrogen and oxygen atoms in total. The normalized spacial score (nSPS) is 21.3. The second-order valence-electron chi connectivity index (χ2n) is 9.09. The van der Waals surface area contributed by atoms with E-state index in [0.29, 0.717) is 30.4 Å². The lowest BCUT2D eigenvalue weighted by molar-refractivity contribution is 0.0276. The molecule has 0 saturated carbocycles. The van der Waals surface area contributed by atoms with Crippen LogP contribution < -0.4 is 9.64 Å². The molecule has 0 radical (unpaired) electrons. The number of ether oxygens (including phenoxy) is 2. The number of rotatable bonds is 3. The zero-order chi connectivity index (χ0) is 21.4. The Hall–Kier alpha value is -2.90. The van der Waals surface area contributed by atoms with Gasteiger partial charge in [-0.3, -0.25) is 0 Å². The summed E-state index contributed by atoms with van der Waals surface area (Å²) in [6.45, 7) is 8.62. The van der Waals surface area contributed by atoms with Crippen molar-refractivity contribution in [1.82, 2.24) is 14.9 Å². The molecule has 2 aliphatic rings. The van der Waals surface area contributed by atoms with Gasteiger partial charge in [-0.05, 0) is 57.9 Å². The average molecular weight is 414 g/mol. The fourth-order valence-electron chi connectivity index (χ4n) is 4.12. The number of carbonyl (C=O) groups excluding carboxylic acids is 1. The summed E-state index contributed by atoms with van der Waals surface area (Å²) in [4.78, 5) is 25.0. The Balaban J connectivity index is 1.45. The zero-order valence-corrected chi connectivity index (χ0v) is 17.6. The van der Waals surface area contributed by atoms with Gasteiger partial charge in [-0.25, -0.2) is 19.2 Å². The highest BCUT2D eigenvalue weighted by Gasteiger charge is 2.46. The lowest BCUT2D eigenvalue weighted by Gasteiger charge is -2.27. The fraction of sp³-hybridized carbons (Fsp3) is 0.500. The Morgan fingerprint density at radius 2 is 1.87 bits per heavy atom. The summed E-state index contributed by atoms with van der Waals surface area (Å²) in [6.07, 6.45) is 4.77. The van der Waals surface area contributed by atoms with Crippen LogP contribution in [-0.2, 0) is 4.74 Å². The summed E-state index contributed by atoms with van der Waals surface area (Å²) in [6, 6.07) is 5.86. The summed E-state index contributed by atoms with van der Waals surface area (Å²) < 4.78 is 24.6. The SMILES string of the molecule is CC(C)(C)OC(=O)N1CCC2(CCN(c3ncncc3Oc3ccc(F)cc3)C2)C1. The Labute approximate surface area is 175 Å². The molecule has 1 spiro atoms. The van der Waals surface area contributed by atoms with Gasteiger partial charge in [0, 0.05) is 31.6 Å². The Morgan fingerprint density at radius 3 is 2.60 bits per heavy atom. The van der Waals surface area contributed by atoms with Crippen molar-refractivity contribution in [3.63, 3.8) is 0 Å². The van der Waals surface area contributed by atoms with Crippen LogP contribution in [0.25, 0.3) is 0 Å². The molecular weight excluding hydrogens is 387 g/mol. The predicted octanol–water partition coefficient (Wildman–Crippen LogP) is 4.25. The maximum atomic E-state index is 13.2. The summed E-state index contributed by atoms with van der Waals surface area (Å²) in [5, 5.41) is 0. The maximum Gasteiger partial charge on any atom is 0.410 e. The average Bonchev–Trinajstić information content (AvgIpc) is 3.30. The predicted molar refractivity (Wildman–Crippen MR) is 110 cm³/mol. The number of benzene rings is 1. The molecular formula is C22H27FN4O3. The number of aromatic nitrogens is 2. The van der Waals surface area contributed by atoms with Gasteiger partial charge in [0.1, 0.15) is 23.5 Å². The molecule has 1 aromatic carbocycles. The van der Waals surface area contributed by atoms with E-state index >= 15 is 0 Å². The lowest BCUT2D eigenvalue weighted by Crippen LogP contribution is -2.37. The largest absolute Gasteiger partial charge is 0.452 e. The van der Waals surface area contributed by atoms with Gasteiger partial charge in [-0.1, -0.05) is 0 Å². The number of hydrogen-bond donors (Lipinski definition) is 0. The quantitative estimate of drug-likeness (QED) is 0.748. The molecule has 30 heavy (non-hydrogen) atoms. The van der Waals surface area contributed by atoms with E-state index in [9.17, 15) is 9.18 Å². The molecule has 8 heteroatoms. The van der Waals surface area contributed by atoms with Crippen molar-refractivity contribution in [2.24, 2.45) is 5.41 Å². The van der Waals surface area contributed by atoms with E-state index in [4.69, 9.17) is 9.47 Å². The molecule has 1 unspecified atom stereocenters. The second-order valence-corrected chi connectivity index (χ2v) is 9.09. The molecule has 3 heterocycles. The summed E-state index contributed by atoms with van der Waals surface area (Å²) in [7, 11) is 0. The Morgan fingerprint density at radius 1 is 1.13 bits per heavy atom. The summed E-state index contributed by atoms with van der Waals surface area (Å²) in [5.74, 6) is 1.45. The van der Waals surface area contributed by atoms with Gasteiger partial charge in [0.05, 0.1) is 6.20 Å². The molecule has 160 valence electrons. The number of likely N-dealkylation sites (tertiary alicyclic amines) is 1. The molecule has 2 fully saturated rings. The third-order valence-corrected chi connectivity index (χ3v) is 5.53. The first-order valence-corrected chi connectivity index (χ1v) is 10.2. The minimum Gasteiger partial charge on any atom is -0.452 e. The first kappa shape index (κ1) is 20.4. The molecule has 0 aliphatic carbocycles. The van der Waals surface area contributed by atoms with Crippen molar-refractivity contribution >= 4 is 11.9 Å². The monoisotopic (exact) mass is 414 g/mol. The minimum absolute atomic E-state index is 0.0228. The van der Waals surface area contributed by atoms with Crippen molar-refractivity contribution in [1.29, 1.82) is 0 Å². The highest BCUT2D eigenvalue weighted by atomic mass is 19.1. The fourth-order valence-corrected chi connectivity index (χ4v) is 4.12. The van der Waals surface area contributed by atoms with E-state index < -0.39 is 5.60 Å². The maximum absolute atomic E-state index is 13.2. The molecule has 1 atom stereocenters. The lowest BCUT2D eigenvalue weighted by atomic mass is 9.86. The standard InChI is InChI=1S/C22H27FN4O3/c1-21(2,3)30-20(28)27-11-9-22(14-27)8-10-26(13-22)19-18(12-24-15-25-19)29-17-6-4-16(23)5-7-17/h4-7,12,15H,8-11,13-14H2,1-3H3. The van der Waals surface area contributed by atoms with Crippen LogP contribution in [0.4, 0.5) is 15.0 Å². The van der Waals surface area contributed by atoms with Gasteiger partial charge < -0.3 is 19.3 Å². The van der Waals surface area contributed by atoms with Crippen LogP contribution in [0.1, 0.15) is 33.6 Å². The van der Waals surface area contributed by atoms with Crippen LogP contribution in [0.3, 0.4) is 0 Å². The smallest absolute Gasteiger partial charge is 0.410 e. The van der Waals surface area contributed by atoms with E-state index in [1.54, 1.807) is 18.3 Å². The van der Waals surface area contributed by atoms with E-state index in [-0.39, 0.29) is 17.3 Å². The highest BCUT2D eigenvalue weighted by molar-refractivity contribution is 5.68. The summed E-state index contributed by atoms with van der Waals surface area (Å²) >= 11 is 0. The molecule has 2 saturated heterocycles. The van der Waals surface area contributed by atoms with Gasteiger partial charge in [0.25, 0.3) is 0 Å². The number of nitrogens with zero attached hydrogens (tertiary/aromatic N) is 4. The van der Waals surface area contributed by atoms with Crippen LogP contribution in [0.15, 0.2) is 36.8 Å². The van der Waals surface area contributed by atoms with Crippen LogP contribution in [0.5, 0.6) is 11.5 Å². The van der Waals surface area contributed by atoms with Crippen LogP contribution in [0.2, 0.25) is 0 Å². The first-order valence-electron chi connectivity index (χ1n) is 10.2. The van der Waals surface area contributed by atoms with E-state index in [1.165, 1.54) is 18.5 Å². The van der Waals surface area contributed by atoms with Crippen LogP contribution in [-0.4, -0.2) is 52.7 Å². The van der Waals surface area contributed by atoms with Crippen molar-refractivity contribution in [3.8, 4) is 11.5 Å². The van der Waals surface area contributed by atoms with E-state index in [2.05, 4.69) is 14.9 Å². The minimum atomic E-state index is -0.498. The van der Waals surface area contributed by atoms with E-state index in [0.717, 1.165) is 25.9 Å². The third kappa shape index (κ3) is 4.47. The number of anilines is 1. The van der Waals surface area contributed by atoms with Crippen molar-refractivity contribution in [2.45, 2.75) is 39.2 Å². The first-order chi connectivity index (χ1) is 14.2.